The van der Waals surface area contributed by atoms with Gasteiger partial charge in [0.25, 0.3) is 0 Å². The molecule has 24 heavy (non-hydrogen) atoms. The number of alkyl halides is 5. The molecular weight excluding hydrogens is 343 g/mol. The molecule has 0 aliphatic carbocycles. The van der Waals surface area contributed by atoms with Crippen LogP contribution in [0, 0.1) is 5.41 Å². The average Bonchev–Trinajstić information content (AvgIpc) is 2.64. The van der Waals surface area contributed by atoms with Crippen molar-refractivity contribution in [2.24, 2.45) is 5.41 Å². The van der Waals surface area contributed by atoms with E-state index in [1.165, 1.54) is 13.8 Å². The number of esters is 1. The minimum absolute atomic E-state index is 0.249. The number of ether oxygens (including phenoxy) is 4. The molecule has 0 amide bonds. The number of rotatable bonds is 6. The summed E-state index contributed by atoms with van der Waals surface area (Å²) in [6.45, 7) is 2.90. The van der Waals surface area contributed by atoms with Crippen LogP contribution in [0.5, 0.6) is 0 Å². The maximum atomic E-state index is 14.7. The van der Waals surface area contributed by atoms with E-state index in [4.69, 9.17) is 4.74 Å². The highest BCUT2D eigenvalue weighted by atomic mass is 19.4. The molecule has 1 heterocycles. The number of carbonyl (C=O) groups is 1. The fourth-order valence-corrected chi connectivity index (χ4v) is 1.97. The molecule has 0 radical (unpaired) electrons. The molecule has 1 fully saturated rings. The minimum atomic E-state index is -5.58. The van der Waals surface area contributed by atoms with E-state index in [1.807, 2.05) is 0 Å². The largest absolute Gasteiger partial charge is 0.450 e. The van der Waals surface area contributed by atoms with Crippen LogP contribution in [-0.2, 0) is 23.7 Å². The van der Waals surface area contributed by atoms with Gasteiger partial charge in [0, 0.05) is 7.11 Å². The lowest BCUT2D eigenvalue weighted by Crippen LogP contribution is -2.65. The van der Waals surface area contributed by atoms with Gasteiger partial charge in [0.1, 0.15) is 6.79 Å². The topological polar surface area (TPSA) is 54.0 Å². The Morgan fingerprint density at radius 1 is 1.25 bits per heavy atom. The summed E-state index contributed by atoms with van der Waals surface area (Å²) in [7, 11) is 0.972. The number of hydrogen-bond acceptors (Lipinski definition) is 5. The van der Waals surface area contributed by atoms with Crippen LogP contribution in [0.1, 0.15) is 34.1 Å². The van der Waals surface area contributed by atoms with Gasteiger partial charge in [-0.25, -0.2) is 0 Å². The first-order chi connectivity index (χ1) is 10.7. The minimum Gasteiger partial charge on any atom is -0.450 e. The van der Waals surface area contributed by atoms with E-state index < -0.39 is 48.3 Å². The summed E-state index contributed by atoms with van der Waals surface area (Å²) in [6.07, 6.45) is -5.33. The lowest BCUT2D eigenvalue weighted by molar-refractivity contribution is -0.433. The normalized spacial score (nSPS) is 30.4. The third-order valence-electron chi connectivity index (χ3n) is 4.14. The van der Waals surface area contributed by atoms with Crippen LogP contribution < -0.4 is 0 Å². The first kappa shape index (κ1) is 21.0. The van der Waals surface area contributed by atoms with E-state index in [2.05, 4.69) is 14.2 Å². The van der Waals surface area contributed by atoms with Gasteiger partial charge in [0.15, 0.2) is 0 Å². The van der Waals surface area contributed by atoms with E-state index in [1.54, 1.807) is 6.92 Å². The molecule has 0 aromatic heterocycles. The lowest BCUT2D eigenvalue weighted by Gasteiger charge is -2.39. The second-order valence-corrected chi connectivity index (χ2v) is 6.39. The van der Waals surface area contributed by atoms with Gasteiger partial charge < -0.3 is 18.9 Å². The van der Waals surface area contributed by atoms with Crippen LogP contribution in [0.4, 0.5) is 22.0 Å². The van der Waals surface area contributed by atoms with E-state index in [0.29, 0.717) is 6.92 Å². The summed E-state index contributed by atoms with van der Waals surface area (Å²) < 4.78 is 86.8. The summed E-state index contributed by atoms with van der Waals surface area (Å²) in [4.78, 5) is 12.1. The molecule has 2 unspecified atom stereocenters. The van der Waals surface area contributed by atoms with Crippen molar-refractivity contribution in [3.05, 3.63) is 0 Å². The molecule has 1 saturated heterocycles. The van der Waals surface area contributed by atoms with Crippen molar-refractivity contribution in [1.29, 1.82) is 0 Å². The van der Waals surface area contributed by atoms with Crippen molar-refractivity contribution in [2.45, 2.75) is 57.6 Å². The molecule has 1 aliphatic rings. The van der Waals surface area contributed by atoms with Crippen LogP contribution in [-0.4, -0.2) is 50.0 Å². The molecule has 142 valence electrons. The number of hydrogen-bond donors (Lipinski definition) is 0. The monoisotopic (exact) mass is 364 g/mol. The third-order valence-corrected chi connectivity index (χ3v) is 4.14. The number of carbonyl (C=O) groups excluding carboxylic acids is 1. The molecule has 1 rings (SSSR count). The maximum Gasteiger partial charge on any atom is 0.450 e. The van der Waals surface area contributed by atoms with Gasteiger partial charge in [-0.3, -0.25) is 4.79 Å². The van der Waals surface area contributed by atoms with Crippen LogP contribution in [0.2, 0.25) is 0 Å². The molecule has 0 spiro atoms. The Balaban J connectivity index is 3.23. The van der Waals surface area contributed by atoms with Crippen molar-refractivity contribution in [2.75, 3.05) is 20.5 Å². The quantitative estimate of drug-likeness (QED) is 0.411. The average molecular weight is 364 g/mol. The maximum absolute atomic E-state index is 14.7. The van der Waals surface area contributed by atoms with Crippen molar-refractivity contribution >= 4 is 5.97 Å². The number of halogens is 5. The Bertz CT molecular complexity index is 479. The Labute approximate surface area is 136 Å². The van der Waals surface area contributed by atoms with Gasteiger partial charge in [-0.1, -0.05) is 6.92 Å². The molecule has 2 atom stereocenters. The van der Waals surface area contributed by atoms with Crippen LogP contribution in [0.25, 0.3) is 0 Å². The van der Waals surface area contributed by atoms with E-state index in [-0.39, 0.29) is 6.42 Å². The summed E-state index contributed by atoms with van der Waals surface area (Å²) >= 11 is 0. The van der Waals surface area contributed by atoms with E-state index in [0.717, 1.165) is 7.11 Å². The fourth-order valence-electron chi connectivity index (χ4n) is 1.97. The molecule has 1 aliphatic heterocycles. The zero-order valence-electron chi connectivity index (χ0n) is 14.1. The highest BCUT2D eigenvalue weighted by molar-refractivity contribution is 5.76. The second-order valence-electron chi connectivity index (χ2n) is 6.39. The lowest BCUT2D eigenvalue weighted by atomic mass is 9.89. The fraction of sp³-hybridized carbons (Fsp3) is 0.929. The smallest absolute Gasteiger partial charge is 0.450 e. The Hall–Kier alpha value is -1.00. The summed E-state index contributed by atoms with van der Waals surface area (Å²) in [6, 6.07) is 0. The van der Waals surface area contributed by atoms with Gasteiger partial charge in [-0.15, -0.1) is 0 Å². The van der Waals surface area contributed by atoms with E-state index >= 15 is 0 Å². The summed E-state index contributed by atoms with van der Waals surface area (Å²) in [5.74, 6) is -10.0. The van der Waals surface area contributed by atoms with Crippen LogP contribution in [0.3, 0.4) is 0 Å². The summed E-state index contributed by atoms with van der Waals surface area (Å²) in [5.41, 5.74) is -3.99. The molecule has 0 aromatic carbocycles. The van der Waals surface area contributed by atoms with Gasteiger partial charge in [0.2, 0.25) is 5.60 Å². The van der Waals surface area contributed by atoms with Crippen molar-refractivity contribution < 1.29 is 45.7 Å². The molecule has 0 N–H and O–H groups in total. The Kier molecular flexibility index (Phi) is 5.59. The predicted octanol–water partition coefficient (Wildman–Crippen LogP) is 3.27. The first-order valence-electron chi connectivity index (χ1n) is 7.15. The van der Waals surface area contributed by atoms with Crippen LogP contribution in [0.15, 0.2) is 0 Å². The highest BCUT2D eigenvalue weighted by Crippen LogP contribution is 2.56. The molecular formula is C14H21F5O5. The van der Waals surface area contributed by atoms with Crippen molar-refractivity contribution in [1.82, 2.24) is 0 Å². The summed E-state index contributed by atoms with van der Waals surface area (Å²) in [5, 5.41) is 0. The third kappa shape index (κ3) is 3.11. The number of methoxy groups -OCH3 is 1. The predicted molar refractivity (Wildman–Crippen MR) is 71.2 cm³/mol. The van der Waals surface area contributed by atoms with Crippen molar-refractivity contribution in [3.63, 3.8) is 0 Å². The highest BCUT2D eigenvalue weighted by Gasteiger charge is 2.84. The SMILES string of the molecule is CCC(C)(C)C(=O)OC1(C)COC(OCOC)(C(F)(F)F)C1(F)F. The zero-order valence-corrected chi connectivity index (χ0v) is 14.1. The van der Waals surface area contributed by atoms with Gasteiger partial charge in [-0.2, -0.15) is 22.0 Å². The first-order valence-corrected chi connectivity index (χ1v) is 7.15. The van der Waals surface area contributed by atoms with Crippen LogP contribution >= 0.6 is 0 Å². The Morgan fingerprint density at radius 2 is 1.79 bits per heavy atom. The van der Waals surface area contributed by atoms with Gasteiger partial charge >= 0.3 is 23.9 Å². The van der Waals surface area contributed by atoms with Gasteiger partial charge in [-0.05, 0) is 27.2 Å². The Morgan fingerprint density at radius 3 is 2.21 bits per heavy atom. The standard InChI is InChI=1S/C14H21F5O5/c1-6-10(2,3)9(20)24-11(4)7-22-13(12(11,15)16,14(17,18)19)23-8-21-5/h6-8H2,1-5H3. The molecule has 10 heteroatoms. The zero-order chi connectivity index (χ0) is 19.0. The van der Waals surface area contributed by atoms with Gasteiger partial charge in [0.05, 0.1) is 12.0 Å². The van der Waals surface area contributed by atoms with Crippen molar-refractivity contribution in [3.8, 4) is 0 Å². The molecule has 0 saturated carbocycles. The molecule has 0 bridgehead atoms. The molecule has 5 nitrogen and oxygen atoms in total. The molecule has 0 aromatic rings. The van der Waals surface area contributed by atoms with E-state index in [9.17, 15) is 26.7 Å². The second kappa shape index (κ2) is 6.38.